The summed E-state index contributed by atoms with van der Waals surface area (Å²) >= 11 is 6.90. The van der Waals surface area contributed by atoms with Gasteiger partial charge in [0.2, 0.25) is 0 Å². The summed E-state index contributed by atoms with van der Waals surface area (Å²) in [5, 5.41) is 0. The average molecular weight is 558 g/mol. The van der Waals surface area contributed by atoms with Crippen LogP contribution in [0, 0.1) is 0 Å². The van der Waals surface area contributed by atoms with E-state index in [4.69, 9.17) is 4.20 Å². The van der Waals surface area contributed by atoms with Gasteiger partial charge in [-0.25, -0.2) is 0 Å². The van der Waals surface area contributed by atoms with Gasteiger partial charge >= 0.3 is 51.2 Å². The fourth-order valence-electron chi connectivity index (χ4n) is 0. The van der Waals surface area contributed by atoms with E-state index in [1.807, 2.05) is 16.3 Å². The van der Waals surface area contributed by atoms with Crippen molar-refractivity contribution in [1.82, 2.24) is 0 Å². The van der Waals surface area contributed by atoms with Gasteiger partial charge in [-0.15, -0.1) is 0 Å². The molecule has 5 heteroatoms. The molecule has 0 heterocycles. The van der Waals surface area contributed by atoms with Crippen LogP contribution in [0.4, 0.5) is 0 Å². The normalized spacial score (nSPS) is 4.80. The molecule has 0 atom stereocenters. The molecule has 1 nitrogen and oxygen atoms in total. The van der Waals surface area contributed by atoms with Crippen molar-refractivity contribution in [3.63, 3.8) is 0 Å². The first kappa shape index (κ1) is 10.7. The second-order valence-electron chi connectivity index (χ2n) is 0.0714. The molecule has 0 saturated carbocycles. The maximum atomic E-state index is 6.81. The number of rotatable bonds is 0. The van der Waals surface area contributed by atoms with Gasteiger partial charge in [0.25, 0.3) is 0 Å². The Labute approximate surface area is 69.9 Å². The second-order valence-corrected chi connectivity index (χ2v) is 28.2. The van der Waals surface area contributed by atoms with E-state index >= 15 is 0 Å². The molecule has 0 aliphatic heterocycles. The molecule has 0 amide bonds. The van der Waals surface area contributed by atoms with Crippen LogP contribution in [-0.4, -0.2) is 19.8 Å². The third kappa shape index (κ3) is 19.9. The van der Waals surface area contributed by atoms with E-state index in [2.05, 4.69) is 35.5 Å². The Morgan fingerprint density at radius 2 is 1.40 bits per heavy atom. The SMILES string of the molecule is OBr.[I][Pb][I]. The van der Waals surface area contributed by atoms with Crippen molar-refractivity contribution in [3.8, 4) is 0 Å². The predicted octanol–water partition coefficient (Wildman–Crippen LogP) is 1.68. The molecule has 2 radical (unpaired) electrons. The third-order valence-corrected chi connectivity index (χ3v) is 0. The molecule has 0 rings (SSSR count). The number of hydrogen-bond donors (Lipinski definition) is 1. The zero-order valence-electron chi connectivity index (χ0n) is 2.08. The van der Waals surface area contributed by atoms with Crippen molar-refractivity contribution in [2.75, 3.05) is 0 Å². The zero-order valence-corrected chi connectivity index (χ0v) is 11.9. The van der Waals surface area contributed by atoms with E-state index in [0.717, 1.165) is 0 Å². The molecule has 0 spiro atoms. The van der Waals surface area contributed by atoms with Crippen molar-refractivity contribution >= 4 is 67.4 Å². The Kier molecular flexibility index (Phi) is 34.0. The Morgan fingerprint density at radius 1 is 1.40 bits per heavy atom. The van der Waals surface area contributed by atoms with Crippen LogP contribution in [0.1, 0.15) is 0 Å². The summed E-state index contributed by atoms with van der Waals surface area (Å²) in [7, 11) is 0. The van der Waals surface area contributed by atoms with Crippen molar-refractivity contribution < 1.29 is 4.20 Å². The van der Waals surface area contributed by atoms with Crippen LogP contribution < -0.4 is 0 Å². The molecular weight excluding hydrogens is 557 g/mol. The molecular formula is HBrI2OPb. The van der Waals surface area contributed by atoms with E-state index in [9.17, 15) is 0 Å². The summed E-state index contributed by atoms with van der Waals surface area (Å²) in [5.74, 6) is 0. The van der Waals surface area contributed by atoms with Crippen molar-refractivity contribution in [2.24, 2.45) is 0 Å². The van der Waals surface area contributed by atoms with Gasteiger partial charge < -0.3 is 4.20 Å². The monoisotopic (exact) mass is 558 g/mol. The average Bonchev–Trinajstić information content (AvgIpc) is 1.46. The van der Waals surface area contributed by atoms with Crippen LogP contribution in [0.25, 0.3) is 0 Å². The van der Waals surface area contributed by atoms with E-state index < -0.39 is 0 Å². The van der Waals surface area contributed by atoms with Crippen LogP contribution >= 0.6 is 51.8 Å². The fourth-order valence-corrected chi connectivity index (χ4v) is 0. The summed E-state index contributed by atoms with van der Waals surface area (Å²) in [6, 6.07) is 0. The minimum atomic E-state index is 0.0233. The first-order chi connectivity index (χ1) is 2.41. The fraction of sp³-hybridized carbons (Fsp3) is 0. The standard InChI is InChI=1S/BrHO.2HI.Pb/c1-2;;;/h2H;2*1H;/q;;;+2/p-2. The summed E-state index contributed by atoms with van der Waals surface area (Å²) in [6.45, 7) is 0. The van der Waals surface area contributed by atoms with Crippen molar-refractivity contribution in [2.45, 2.75) is 0 Å². The molecule has 1 N–H and O–H groups in total. The summed E-state index contributed by atoms with van der Waals surface area (Å²) < 4.78 is 6.81. The van der Waals surface area contributed by atoms with Crippen LogP contribution in [-0.2, 0) is 0 Å². The third-order valence-electron chi connectivity index (χ3n) is 0. The second kappa shape index (κ2) is 15.8. The molecule has 5 heavy (non-hydrogen) atoms. The van der Waals surface area contributed by atoms with Gasteiger partial charge in [0, 0.05) is 0 Å². The Bertz CT molecular complexity index is 9.61. The maximum absolute atomic E-state index is 6.81. The van der Waals surface area contributed by atoms with Gasteiger partial charge in [-0.3, -0.25) is 0 Å². The van der Waals surface area contributed by atoms with Crippen LogP contribution in [0.3, 0.4) is 0 Å². The molecule has 0 unspecified atom stereocenters. The van der Waals surface area contributed by atoms with Crippen LogP contribution in [0.5, 0.6) is 0 Å². The topological polar surface area (TPSA) is 20.2 Å². The summed E-state index contributed by atoms with van der Waals surface area (Å²) in [6.07, 6.45) is 0. The minimum absolute atomic E-state index is 0.0233. The summed E-state index contributed by atoms with van der Waals surface area (Å²) in [4.78, 5) is 0. The van der Waals surface area contributed by atoms with Gasteiger partial charge in [-0.1, -0.05) is 0 Å². The van der Waals surface area contributed by atoms with E-state index in [1.165, 1.54) is 0 Å². The molecule has 0 aromatic heterocycles. The number of hydrogen-bond acceptors (Lipinski definition) is 1. The summed E-state index contributed by atoms with van der Waals surface area (Å²) in [5.41, 5.74) is 0. The van der Waals surface area contributed by atoms with Gasteiger partial charge in [0.15, 0.2) is 0 Å². The van der Waals surface area contributed by atoms with Crippen LogP contribution in [0.2, 0.25) is 0 Å². The Morgan fingerprint density at radius 3 is 1.40 bits per heavy atom. The van der Waals surface area contributed by atoms with Crippen LogP contribution in [0.15, 0.2) is 0 Å². The first-order valence-electron chi connectivity index (χ1n) is 0.547. The van der Waals surface area contributed by atoms with E-state index in [-0.39, 0.29) is 15.6 Å². The van der Waals surface area contributed by atoms with Gasteiger partial charge in [0.05, 0.1) is 16.3 Å². The van der Waals surface area contributed by atoms with Crippen molar-refractivity contribution in [3.05, 3.63) is 0 Å². The molecule has 0 aliphatic carbocycles. The quantitative estimate of drug-likeness (QED) is 0.355. The van der Waals surface area contributed by atoms with E-state index in [1.54, 1.807) is 0 Å². The molecule has 0 aromatic carbocycles. The molecule has 0 saturated heterocycles. The Balaban J connectivity index is 0. The van der Waals surface area contributed by atoms with Gasteiger partial charge in [-0.2, -0.15) is 0 Å². The zero-order chi connectivity index (χ0) is 4.71. The van der Waals surface area contributed by atoms with E-state index in [0.29, 0.717) is 0 Å². The Hall–Kier alpha value is 2.82. The van der Waals surface area contributed by atoms with Crippen molar-refractivity contribution in [1.29, 1.82) is 0 Å². The molecule has 32 valence electrons. The molecule has 0 aliphatic rings. The molecule has 0 fully saturated rings. The van der Waals surface area contributed by atoms with Gasteiger partial charge in [-0.05, 0) is 0 Å². The molecule has 0 bridgehead atoms. The predicted molar refractivity (Wildman–Crippen MR) is 44.9 cm³/mol. The molecule has 0 aromatic rings. The number of halogens is 3. The van der Waals surface area contributed by atoms with Gasteiger partial charge in [0.1, 0.15) is 0 Å². The first-order valence-corrected chi connectivity index (χ1v) is 23.1.